The molecule has 114 valence electrons. The van der Waals surface area contributed by atoms with Crippen LogP contribution >= 0.6 is 0 Å². The Hall–Kier alpha value is -1.94. The molecule has 0 radical (unpaired) electrons. The molecular weight excluding hydrogens is 292 g/mol. The maximum absolute atomic E-state index is 12.7. The maximum atomic E-state index is 12.7. The average Bonchev–Trinajstić information content (AvgIpc) is 2.90. The number of imidazole rings is 1. The maximum Gasteiger partial charge on any atom is 0.197 e. The summed E-state index contributed by atoms with van der Waals surface area (Å²) in [7, 11) is -1.17. The lowest BCUT2D eigenvalue weighted by Gasteiger charge is -2.11. The molecule has 22 heavy (non-hydrogen) atoms. The van der Waals surface area contributed by atoms with Crippen LogP contribution in [0.3, 0.4) is 0 Å². The van der Waals surface area contributed by atoms with Crippen LogP contribution in [0.2, 0.25) is 0 Å². The number of hydrogen-bond acceptors (Lipinski definition) is 2. The quantitative estimate of drug-likeness (QED) is 0.791. The van der Waals surface area contributed by atoms with E-state index in [9.17, 15) is 4.21 Å². The number of nitrogens with zero attached hydrogens (tertiary/aromatic N) is 1. The van der Waals surface area contributed by atoms with Gasteiger partial charge in [-0.15, -0.1) is 0 Å². The predicted octanol–water partition coefficient (Wildman–Crippen LogP) is 4.10. The van der Waals surface area contributed by atoms with Gasteiger partial charge in [0.2, 0.25) is 0 Å². The van der Waals surface area contributed by atoms with Gasteiger partial charge in [-0.3, -0.25) is 4.21 Å². The smallest absolute Gasteiger partial charge is 0.197 e. The molecule has 0 aliphatic rings. The van der Waals surface area contributed by atoms with Gasteiger partial charge in [-0.1, -0.05) is 18.2 Å². The highest BCUT2D eigenvalue weighted by Gasteiger charge is 2.14. The van der Waals surface area contributed by atoms with E-state index in [1.54, 1.807) is 0 Å². The van der Waals surface area contributed by atoms with Crippen molar-refractivity contribution in [2.24, 2.45) is 0 Å². The number of aromatic nitrogens is 2. The lowest BCUT2D eigenvalue weighted by molar-refractivity contribution is 0.677. The number of benzene rings is 2. The van der Waals surface area contributed by atoms with Crippen molar-refractivity contribution in [1.29, 1.82) is 0 Å². The third-order valence-corrected chi connectivity index (χ3v) is 5.39. The van der Waals surface area contributed by atoms with Crippen LogP contribution in [0.15, 0.2) is 35.5 Å². The van der Waals surface area contributed by atoms with E-state index >= 15 is 0 Å². The van der Waals surface area contributed by atoms with E-state index in [2.05, 4.69) is 42.9 Å². The first kappa shape index (κ1) is 15.0. The predicted molar refractivity (Wildman–Crippen MR) is 91.6 cm³/mol. The van der Waals surface area contributed by atoms with Gasteiger partial charge in [0.15, 0.2) is 5.16 Å². The van der Waals surface area contributed by atoms with Crippen LogP contribution < -0.4 is 0 Å². The monoisotopic (exact) mass is 312 g/mol. The number of aromatic amines is 1. The minimum Gasteiger partial charge on any atom is -0.331 e. The van der Waals surface area contributed by atoms with Gasteiger partial charge < -0.3 is 4.98 Å². The Balaban J connectivity index is 1.95. The van der Waals surface area contributed by atoms with E-state index in [0.717, 1.165) is 16.6 Å². The third-order valence-electron chi connectivity index (χ3n) is 4.21. The summed E-state index contributed by atoms with van der Waals surface area (Å²) in [5.41, 5.74) is 7.78. The normalized spacial score (nSPS) is 12.7. The van der Waals surface area contributed by atoms with Crippen molar-refractivity contribution < 1.29 is 4.21 Å². The molecule has 0 bridgehead atoms. The highest BCUT2D eigenvalue weighted by Crippen LogP contribution is 2.22. The Morgan fingerprint density at radius 2 is 1.77 bits per heavy atom. The van der Waals surface area contributed by atoms with Crippen molar-refractivity contribution in [3.8, 4) is 0 Å². The zero-order valence-corrected chi connectivity index (χ0v) is 14.2. The topological polar surface area (TPSA) is 45.8 Å². The number of H-pyrrole nitrogens is 1. The standard InChI is InChI=1S/C18H20N2OS/c1-11-5-8-16-17(9-11)20-18(19-16)22(21)10-15-13(3)7-6-12(2)14(15)4/h5-9H,10H2,1-4H3,(H,19,20). The van der Waals surface area contributed by atoms with Crippen LogP contribution in [0.5, 0.6) is 0 Å². The molecule has 0 spiro atoms. The summed E-state index contributed by atoms with van der Waals surface area (Å²) in [4.78, 5) is 7.67. The summed E-state index contributed by atoms with van der Waals surface area (Å²) in [5, 5.41) is 0.556. The minimum atomic E-state index is -1.17. The van der Waals surface area contributed by atoms with Crippen molar-refractivity contribution in [3.63, 3.8) is 0 Å². The number of fused-ring (bicyclic) bond motifs is 1. The van der Waals surface area contributed by atoms with Gasteiger partial charge in [0.1, 0.15) is 0 Å². The second kappa shape index (κ2) is 5.69. The Kier molecular flexibility index (Phi) is 3.87. The molecule has 4 heteroatoms. The molecule has 0 fully saturated rings. The van der Waals surface area contributed by atoms with E-state index in [1.807, 2.05) is 25.1 Å². The molecule has 0 saturated heterocycles. The zero-order valence-electron chi connectivity index (χ0n) is 13.4. The third kappa shape index (κ3) is 2.71. The largest absolute Gasteiger partial charge is 0.331 e. The first-order chi connectivity index (χ1) is 10.5. The molecule has 1 N–H and O–H groups in total. The van der Waals surface area contributed by atoms with Crippen molar-refractivity contribution in [3.05, 3.63) is 58.1 Å². The van der Waals surface area contributed by atoms with Crippen LogP contribution in [0.1, 0.15) is 27.8 Å². The second-order valence-corrected chi connectivity index (χ2v) is 7.22. The highest BCUT2D eigenvalue weighted by molar-refractivity contribution is 7.84. The van der Waals surface area contributed by atoms with Gasteiger partial charge in [0.25, 0.3) is 0 Å². The van der Waals surface area contributed by atoms with Crippen LogP contribution in [0.25, 0.3) is 11.0 Å². The summed E-state index contributed by atoms with van der Waals surface area (Å²) in [5.74, 6) is 0.498. The molecule has 0 aliphatic carbocycles. The van der Waals surface area contributed by atoms with Gasteiger partial charge in [-0.25, -0.2) is 4.98 Å². The molecule has 0 amide bonds. The van der Waals surface area contributed by atoms with E-state index < -0.39 is 10.8 Å². The first-order valence-corrected chi connectivity index (χ1v) is 8.68. The molecule has 0 saturated carbocycles. The lowest BCUT2D eigenvalue weighted by Crippen LogP contribution is -2.03. The summed E-state index contributed by atoms with van der Waals surface area (Å²) in [6.07, 6.45) is 0. The Morgan fingerprint density at radius 1 is 1.05 bits per heavy atom. The number of nitrogens with one attached hydrogen (secondary N) is 1. The van der Waals surface area contributed by atoms with E-state index in [0.29, 0.717) is 10.9 Å². The van der Waals surface area contributed by atoms with Crippen molar-refractivity contribution in [1.82, 2.24) is 9.97 Å². The summed E-state index contributed by atoms with van der Waals surface area (Å²) in [6, 6.07) is 10.2. The van der Waals surface area contributed by atoms with Crippen LogP contribution in [-0.2, 0) is 16.6 Å². The minimum absolute atomic E-state index is 0.498. The van der Waals surface area contributed by atoms with Crippen molar-refractivity contribution in [2.45, 2.75) is 38.6 Å². The molecule has 1 unspecified atom stereocenters. The summed E-state index contributed by atoms with van der Waals surface area (Å²) < 4.78 is 12.7. The van der Waals surface area contributed by atoms with Crippen molar-refractivity contribution in [2.75, 3.05) is 0 Å². The lowest BCUT2D eigenvalue weighted by atomic mass is 10.00. The van der Waals surface area contributed by atoms with Crippen LogP contribution in [0.4, 0.5) is 0 Å². The van der Waals surface area contributed by atoms with Gasteiger partial charge in [0.05, 0.1) is 27.6 Å². The SMILES string of the molecule is Cc1ccc2nc(S(=O)Cc3c(C)ccc(C)c3C)[nH]c2c1. The molecular formula is C18H20N2OS. The summed E-state index contributed by atoms with van der Waals surface area (Å²) >= 11 is 0. The Morgan fingerprint density at radius 3 is 2.55 bits per heavy atom. The number of rotatable bonds is 3. The Labute approximate surface area is 133 Å². The Bertz CT molecular complexity index is 880. The van der Waals surface area contributed by atoms with E-state index in [1.165, 1.54) is 22.3 Å². The number of aryl methyl sites for hydroxylation is 3. The second-order valence-electron chi connectivity index (χ2n) is 5.86. The highest BCUT2D eigenvalue weighted by atomic mass is 32.2. The molecule has 1 atom stereocenters. The molecule has 3 aromatic rings. The van der Waals surface area contributed by atoms with Gasteiger partial charge in [-0.2, -0.15) is 0 Å². The van der Waals surface area contributed by atoms with Gasteiger partial charge in [-0.05, 0) is 67.6 Å². The van der Waals surface area contributed by atoms with Gasteiger partial charge >= 0.3 is 0 Å². The number of hydrogen-bond donors (Lipinski definition) is 1. The van der Waals surface area contributed by atoms with Crippen LogP contribution in [0, 0.1) is 27.7 Å². The fourth-order valence-corrected chi connectivity index (χ4v) is 3.91. The average molecular weight is 312 g/mol. The fourth-order valence-electron chi connectivity index (χ4n) is 2.64. The van der Waals surface area contributed by atoms with E-state index in [4.69, 9.17) is 0 Å². The fraction of sp³-hybridized carbons (Fsp3) is 0.278. The molecule has 3 rings (SSSR count). The molecule has 2 aromatic carbocycles. The van der Waals surface area contributed by atoms with Crippen LogP contribution in [-0.4, -0.2) is 14.2 Å². The molecule has 1 heterocycles. The van der Waals surface area contributed by atoms with E-state index in [-0.39, 0.29) is 0 Å². The first-order valence-electron chi connectivity index (χ1n) is 7.36. The molecule has 3 nitrogen and oxygen atoms in total. The summed E-state index contributed by atoms with van der Waals surface area (Å²) in [6.45, 7) is 8.29. The molecule has 1 aromatic heterocycles. The zero-order chi connectivity index (χ0) is 15.9. The molecule has 0 aliphatic heterocycles. The van der Waals surface area contributed by atoms with Crippen molar-refractivity contribution >= 4 is 21.8 Å². The van der Waals surface area contributed by atoms with Gasteiger partial charge in [0, 0.05) is 0 Å².